The molecule has 3 aliphatic heterocycles. The second-order valence-electron chi connectivity index (χ2n) is 11.3. The summed E-state index contributed by atoms with van der Waals surface area (Å²) in [5, 5.41) is 0. The summed E-state index contributed by atoms with van der Waals surface area (Å²) in [6.07, 6.45) is 1.73. The monoisotopic (exact) mass is 573 g/mol. The number of hydrogen-bond acceptors (Lipinski definition) is 6. The van der Waals surface area contributed by atoms with Crippen molar-refractivity contribution in [3.05, 3.63) is 95.1 Å². The van der Waals surface area contributed by atoms with E-state index in [1.54, 1.807) is 54.5 Å². The van der Waals surface area contributed by atoms with Crippen molar-refractivity contribution in [3.63, 3.8) is 0 Å². The molecule has 1 unspecified atom stereocenters. The van der Waals surface area contributed by atoms with E-state index < -0.39 is 17.2 Å². The molecule has 3 aromatic carbocycles. The lowest BCUT2D eigenvalue weighted by Crippen LogP contribution is -2.46. The predicted octanol–water partition coefficient (Wildman–Crippen LogP) is 5.08. The molecule has 3 aromatic rings. The number of rotatable bonds is 7. The van der Waals surface area contributed by atoms with Crippen LogP contribution in [0.3, 0.4) is 0 Å². The number of carbonyl (C=O) groups is 2. The molecule has 42 heavy (non-hydrogen) atoms. The highest BCUT2D eigenvalue weighted by Crippen LogP contribution is 2.41. The van der Waals surface area contributed by atoms with Crippen LogP contribution >= 0.6 is 0 Å². The largest absolute Gasteiger partial charge is 0.497 e. The molecule has 3 heterocycles. The van der Waals surface area contributed by atoms with Crippen molar-refractivity contribution in [2.45, 2.75) is 25.3 Å². The van der Waals surface area contributed by atoms with Gasteiger partial charge in [0.25, 0.3) is 5.91 Å². The summed E-state index contributed by atoms with van der Waals surface area (Å²) in [4.78, 5) is 36.2. The lowest BCUT2D eigenvalue weighted by Gasteiger charge is -2.36. The Balaban J connectivity index is 1.12. The molecule has 0 aliphatic carbocycles. The number of carbonyl (C=O) groups excluding carboxylic acids is 2. The maximum atomic E-state index is 14.1. The maximum absolute atomic E-state index is 14.1. The normalized spacial score (nSPS) is 20.7. The number of fused-ring (bicyclic) bond motifs is 1. The number of methoxy groups -OCH3 is 1. The van der Waals surface area contributed by atoms with E-state index in [-0.39, 0.29) is 23.5 Å². The van der Waals surface area contributed by atoms with Gasteiger partial charge in [-0.3, -0.25) is 14.5 Å². The first-order valence-corrected chi connectivity index (χ1v) is 14.3. The fraction of sp³-hybridized carbons (Fsp3) is 0.364. The van der Waals surface area contributed by atoms with E-state index in [4.69, 9.17) is 14.5 Å². The van der Waals surface area contributed by atoms with Gasteiger partial charge in [0.05, 0.1) is 25.2 Å². The van der Waals surface area contributed by atoms with Crippen LogP contribution in [0, 0.1) is 23.5 Å². The molecule has 0 bridgehead atoms. The Labute approximate surface area is 243 Å². The summed E-state index contributed by atoms with van der Waals surface area (Å²) in [5.74, 6) is 0.838. The number of aliphatic imine (C=N–C) groups is 1. The third kappa shape index (κ3) is 5.06. The van der Waals surface area contributed by atoms with E-state index in [0.29, 0.717) is 53.7 Å². The number of nitrogens with zero attached hydrogens (tertiary/aromatic N) is 3. The van der Waals surface area contributed by atoms with E-state index >= 15 is 0 Å². The Hall–Kier alpha value is -4.11. The second kappa shape index (κ2) is 11.3. The summed E-state index contributed by atoms with van der Waals surface area (Å²) in [6, 6.07) is 16.8. The van der Waals surface area contributed by atoms with Crippen molar-refractivity contribution in [2.75, 3.05) is 39.9 Å². The maximum Gasteiger partial charge on any atom is 0.265 e. The van der Waals surface area contributed by atoms with Gasteiger partial charge in [-0.05, 0) is 92.4 Å². The lowest BCUT2D eigenvalue weighted by atomic mass is 9.82. The van der Waals surface area contributed by atoms with Crippen molar-refractivity contribution in [1.82, 2.24) is 9.80 Å². The quantitative estimate of drug-likeness (QED) is 0.394. The molecule has 7 nitrogen and oxygen atoms in total. The highest BCUT2D eigenvalue weighted by molar-refractivity contribution is 6.09. The van der Waals surface area contributed by atoms with Gasteiger partial charge in [0, 0.05) is 13.1 Å². The summed E-state index contributed by atoms with van der Waals surface area (Å²) in [6.45, 7) is 4.89. The van der Waals surface area contributed by atoms with E-state index in [9.17, 15) is 18.4 Å². The number of amidine groups is 1. The smallest absolute Gasteiger partial charge is 0.265 e. The molecule has 0 aromatic heterocycles. The molecule has 1 atom stereocenters. The summed E-state index contributed by atoms with van der Waals surface area (Å²) in [7, 11) is 1.58. The number of likely N-dealkylation sites (tertiary alicyclic amines) is 1. The van der Waals surface area contributed by atoms with Gasteiger partial charge in [-0.25, -0.2) is 13.8 Å². The minimum Gasteiger partial charge on any atom is -0.497 e. The third-order valence-electron chi connectivity index (χ3n) is 8.69. The predicted molar refractivity (Wildman–Crippen MR) is 154 cm³/mol. The van der Waals surface area contributed by atoms with Crippen LogP contribution < -0.4 is 9.47 Å². The molecule has 6 rings (SSSR count). The van der Waals surface area contributed by atoms with Crippen molar-refractivity contribution in [3.8, 4) is 11.5 Å². The van der Waals surface area contributed by atoms with Gasteiger partial charge < -0.3 is 14.4 Å². The van der Waals surface area contributed by atoms with Gasteiger partial charge in [-0.1, -0.05) is 24.3 Å². The minimum absolute atomic E-state index is 0.0738. The highest BCUT2D eigenvalue weighted by atomic mass is 19.1. The minimum atomic E-state index is -1.40. The molecule has 0 N–H and O–H groups in total. The molecular weight excluding hydrogens is 540 g/mol. The first kappa shape index (κ1) is 28.0. The average Bonchev–Trinajstić information content (AvgIpc) is 3.25. The third-order valence-corrected chi connectivity index (χ3v) is 8.69. The van der Waals surface area contributed by atoms with Crippen LogP contribution in [0.4, 0.5) is 8.78 Å². The topological polar surface area (TPSA) is 71.4 Å². The molecule has 218 valence electrons. The second-order valence-corrected chi connectivity index (χ2v) is 11.3. The molecule has 0 saturated carbocycles. The van der Waals surface area contributed by atoms with Crippen LogP contribution in [-0.4, -0.2) is 67.2 Å². The average molecular weight is 574 g/mol. The van der Waals surface area contributed by atoms with Gasteiger partial charge in [0.2, 0.25) is 0 Å². The molecular formula is C33H33F2N3O4. The number of Topliss-reactive ketones (excluding diaryl/α,β-unsaturated/α-hetero) is 1. The summed E-state index contributed by atoms with van der Waals surface area (Å²) in [5.41, 5.74) is 0.243. The summed E-state index contributed by atoms with van der Waals surface area (Å²) < 4.78 is 38.8. The van der Waals surface area contributed by atoms with Gasteiger partial charge in [-0.2, -0.15) is 0 Å². The van der Waals surface area contributed by atoms with Crippen molar-refractivity contribution in [1.29, 1.82) is 0 Å². The first-order chi connectivity index (χ1) is 20.3. The van der Waals surface area contributed by atoms with Crippen molar-refractivity contribution in [2.24, 2.45) is 16.8 Å². The zero-order chi connectivity index (χ0) is 29.4. The molecule has 1 fully saturated rings. The zero-order valence-electron chi connectivity index (χ0n) is 23.7. The molecule has 0 radical (unpaired) electrons. The number of hydrogen-bond donors (Lipinski definition) is 0. The standard InChI is InChI=1S/C33H33F2N3O4/c1-21-36-33(24-3-7-26(34)8-4-24,25-5-9-27(35)10-6-25)32(40)38(21)18-22-13-15-37(16-14-22)19-23-20-42-30-12-11-28(41-2)17-29(30)31(23)39/h3-12,17,22-23H,13-16,18-20H2,1-2H3. The number of piperidine rings is 1. The Morgan fingerprint density at radius 2 is 1.55 bits per heavy atom. The molecule has 0 spiro atoms. The van der Waals surface area contributed by atoms with Crippen LogP contribution in [0.2, 0.25) is 0 Å². The fourth-order valence-electron chi connectivity index (χ4n) is 6.33. The number of halogens is 2. The van der Waals surface area contributed by atoms with Crippen LogP contribution in [-0.2, 0) is 10.3 Å². The molecule has 9 heteroatoms. The molecule has 3 aliphatic rings. The molecule has 1 saturated heterocycles. The fourth-order valence-corrected chi connectivity index (χ4v) is 6.33. The van der Waals surface area contributed by atoms with Gasteiger partial charge >= 0.3 is 0 Å². The van der Waals surface area contributed by atoms with Crippen LogP contribution in [0.15, 0.2) is 71.7 Å². The Kier molecular flexibility index (Phi) is 7.53. The van der Waals surface area contributed by atoms with E-state index in [0.717, 1.165) is 25.9 Å². The Morgan fingerprint density at radius 3 is 2.14 bits per heavy atom. The van der Waals surface area contributed by atoms with E-state index in [1.165, 1.54) is 24.3 Å². The number of ketones is 1. The number of benzene rings is 3. The Bertz CT molecular complexity index is 1470. The number of ether oxygens (including phenoxy) is 2. The zero-order valence-corrected chi connectivity index (χ0v) is 23.7. The van der Waals surface area contributed by atoms with Crippen molar-refractivity contribution < 1.29 is 27.8 Å². The van der Waals surface area contributed by atoms with Gasteiger partial charge in [0.1, 0.15) is 29.0 Å². The van der Waals surface area contributed by atoms with E-state index in [2.05, 4.69) is 4.90 Å². The van der Waals surface area contributed by atoms with Crippen LogP contribution in [0.5, 0.6) is 11.5 Å². The number of amides is 1. The van der Waals surface area contributed by atoms with Crippen LogP contribution in [0.25, 0.3) is 0 Å². The Morgan fingerprint density at radius 1 is 0.929 bits per heavy atom. The van der Waals surface area contributed by atoms with Crippen LogP contribution in [0.1, 0.15) is 41.3 Å². The molecule has 1 amide bonds. The lowest BCUT2D eigenvalue weighted by molar-refractivity contribution is -0.130. The SMILES string of the molecule is COc1ccc2c(c1)C(=O)C(CN1CCC(CN3C(=O)C(c4ccc(F)cc4)(c4ccc(F)cc4)N=C3C)CC1)CO2. The van der Waals surface area contributed by atoms with E-state index in [1.807, 2.05) is 6.92 Å². The summed E-state index contributed by atoms with van der Waals surface area (Å²) >= 11 is 0. The first-order valence-electron chi connectivity index (χ1n) is 14.3. The highest BCUT2D eigenvalue weighted by Gasteiger charge is 2.50. The van der Waals surface area contributed by atoms with Gasteiger partial charge in [0.15, 0.2) is 11.3 Å². The van der Waals surface area contributed by atoms with Crippen molar-refractivity contribution >= 4 is 17.5 Å². The van der Waals surface area contributed by atoms with Gasteiger partial charge in [-0.15, -0.1) is 0 Å².